The van der Waals surface area contributed by atoms with E-state index in [0.29, 0.717) is 12.8 Å². The molecule has 12 heavy (non-hydrogen) atoms. The highest BCUT2D eigenvalue weighted by atomic mass is 16.5. The van der Waals surface area contributed by atoms with Gasteiger partial charge in [-0.2, -0.15) is 0 Å². The van der Waals surface area contributed by atoms with Crippen LogP contribution < -0.4 is 11.1 Å². The topological polar surface area (TPSA) is 47.3 Å². The Hall–Kier alpha value is -0.120. The molecule has 0 atom stereocenters. The molecule has 0 saturated heterocycles. The highest BCUT2D eigenvalue weighted by Gasteiger charge is 2.38. The molecule has 0 aromatic carbocycles. The fraction of sp³-hybridized carbons (Fsp3) is 1.00. The predicted molar refractivity (Wildman–Crippen MR) is 49.9 cm³/mol. The van der Waals surface area contributed by atoms with Crippen molar-refractivity contribution in [1.29, 1.82) is 0 Å². The Labute approximate surface area is 74.7 Å². The first-order valence-electron chi connectivity index (χ1n) is 4.77. The Morgan fingerprint density at radius 3 is 2.50 bits per heavy atom. The van der Waals surface area contributed by atoms with Crippen molar-refractivity contribution in [2.24, 2.45) is 5.73 Å². The van der Waals surface area contributed by atoms with Crippen molar-refractivity contribution in [2.45, 2.75) is 44.8 Å². The maximum absolute atomic E-state index is 5.86. The average Bonchev–Trinajstić information content (AvgIpc) is 1.94. The summed E-state index contributed by atoms with van der Waals surface area (Å²) < 4.78 is 5.86. The van der Waals surface area contributed by atoms with Gasteiger partial charge in [-0.15, -0.1) is 0 Å². The Morgan fingerprint density at radius 2 is 2.17 bits per heavy atom. The Kier molecular flexibility index (Phi) is 3.50. The highest BCUT2D eigenvalue weighted by molar-refractivity contribution is 4.92. The number of rotatable bonds is 5. The molecule has 0 spiro atoms. The van der Waals surface area contributed by atoms with Crippen molar-refractivity contribution in [1.82, 2.24) is 5.32 Å². The van der Waals surface area contributed by atoms with Gasteiger partial charge >= 0.3 is 0 Å². The number of nitrogens with one attached hydrogen (secondary N) is 1. The van der Waals surface area contributed by atoms with Crippen molar-refractivity contribution >= 4 is 0 Å². The first-order valence-corrected chi connectivity index (χ1v) is 4.77. The zero-order chi connectivity index (χ0) is 9.03. The van der Waals surface area contributed by atoms with Crippen LogP contribution in [0.3, 0.4) is 0 Å². The minimum Gasteiger partial charge on any atom is -0.371 e. The normalized spacial score (nSPS) is 21.0. The molecule has 3 N–H and O–H groups in total. The summed E-state index contributed by atoms with van der Waals surface area (Å²) >= 11 is 0. The van der Waals surface area contributed by atoms with E-state index in [4.69, 9.17) is 10.5 Å². The lowest BCUT2D eigenvalue weighted by Crippen LogP contribution is -2.50. The lowest BCUT2D eigenvalue weighted by Gasteiger charge is -2.43. The zero-order valence-electron chi connectivity index (χ0n) is 8.10. The van der Waals surface area contributed by atoms with Crippen molar-refractivity contribution in [3.05, 3.63) is 0 Å². The standard InChI is InChI=1S/C9H20N2O/c1-8(2)12-9(4-3-5-9)6-11-7-10/h8,11H,3-7,10H2,1-2H3. The summed E-state index contributed by atoms with van der Waals surface area (Å²) in [5.74, 6) is 0. The van der Waals surface area contributed by atoms with E-state index in [-0.39, 0.29) is 5.60 Å². The molecule has 1 aliphatic rings. The molecule has 1 rings (SSSR count). The van der Waals surface area contributed by atoms with Crippen LogP contribution >= 0.6 is 0 Å². The molecule has 3 nitrogen and oxygen atoms in total. The smallest absolute Gasteiger partial charge is 0.0810 e. The van der Waals surface area contributed by atoms with Crippen LogP contribution in [0.1, 0.15) is 33.1 Å². The lowest BCUT2D eigenvalue weighted by atomic mass is 9.79. The van der Waals surface area contributed by atoms with Gasteiger partial charge in [0.2, 0.25) is 0 Å². The van der Waals surface area contributed by atoms with Gasteiger partial charge in [-0.3, -0.25) is 0 Å². The van der Waals surface area contributed by atoms with Crippen molar-refractivity contribution in [3.8, 4) is 0 Å². The van der Waals surface area contributed by atoms with E-state index in [0.717, 1.165) is 6.54 Å². The number of hydrogen-bond acceptors (Lipinski definition) is 3. The molecule has 0 radical (unpaired) electrons. The van der Waals surface area contributed by atoms with Gasteiger partial charge in [0, 0.05) is 13.2 Å². The van der Waals surface area contributed by atoms with Gasteiger partial charge in [-0.1, -0.05) is 0 Å². The Morgan fingerprint density at radius 1 is 1.50 bits per heavy atom. The first-order chi connectivity index (χ1) is 5.68. The Balaban J connectivity index is 2.29. The maximum Gasteiger partial charge on any atom is 0.0810 e. The van der Waals surface area contributed by atoms with Gasteiger partial charge in [0.1, 0.15) is 0 Å². The molecule has 0 aromatic heterocycles. The first kappa shape index (κ1) is 9.96. The van der Waals surface area contributed by atoms with E-state index < -0.39 is 0 Å². The second-order valence-electron chi connectivity index (χ2n) is 3.83. The summed E-state index contributed by atoms with van der Waals surface area (Å²) in [7, 11) is 0. The summed E-state index contributed by atoms with van der Waals surface area (Å²) in [4.78, 5) is 0. The van der Waals surface area contributed by atoms with Crippen molar-refractivity contribution < 1.29 is 4.74 Å². The van der Waals surface area contributed by atoms with Crippen molar-refractivity contribution in [2.75, 3.05) is 13.2 Å². The third-order valence-electron chi connectivity index (χ3n) is 2.34. The third kappa shape index (κ3) is 2.44. The molecule has 0 aromatic rings. The predicted octanol–water partition coefficient (Wildman–Crippen LogP) is 0.840. The molecular formula is C9H20N2O. The SMILES string of the molecule is CC(C)OC1(CNCN)CCC1. The quantitative estimate of drug-likeness (QED) is 0.604. The summed E-state index contributed by atoms with van der Waals surface area (Å²) in [6.07, 6.45) is 3.97. The van der Waals surface area contributed by atoms with E-state index in [9.17, 15) is 0 Å². The van der Waals surface area contributed by atoms with Crippen LogP contribution in [0.4, 0.5) is 0 Å². The van der Waals surface area contributed by atoms with Gasteiger partial charge in [0.15, 0.2) is 0 Å². The van der Waals surface area contributed by atoms with E-state index in [2.05, 4.69) is 19.2 Å². The van der Waals surface area contributed by atoms with Crippen LogP contribution in [0, 0.1) is 0 Å². The van der Waals surface area contributed by atoms with Gasteiger partial charge in [-0.05, 0) is 33.1 Å². The fourth-order valence-corrected chi connectivity index (χ4v) is 1.71. The van der Waals surface area contributed by atoms with Crippen LogP contribution in [0.15, 0.2) is 0 Å². The maximum atomic E-state index is 5.86. The van der Waals surface area contributed by atoms with Gasteiger partial charge in [0.25, 0.3) is 0 Å². The lowest BCUT2D eigenvalue weighted by molar-refractivity contribution is -0.125. The summed E-state index contributed by atoms with van der Waals surface area (Å²) in [6, 6.07) is 0. The molecule has 0 aliphatic heterocycles. The van der Waals surface area contributed by atoms with E-state index in [1.54, 1.807) is 0 Å². The molecule has 0 bridgehead atoms. The van der Waals surface area contributed by atoms with Crippen molar-refractivity contribution in [3.63, 3.8) is 0 Å². The van der Waals surface area contributed by atoms with E-state index in [1.807, 2.05) is 0 Å². The largest absolute Gasteiger partial charge is 0.371 e. The van der Waals surface area contributed by atoms with Gasteiger partial charge in [-0.25, -0.2) is 0 Å². The third-order valence-corrected chi connectivity index (χ3v) is 2.34. The number of nitrogens with two attached hydrogens (primary N) is 1. The number of hydrogen-bond donors (Lipinski definition) is 2. The fourth-order valence-electron chi connectivity index (χ4n) is 1.71. The molecule has 1 aliphatic carbocycles. The summed E-state index contributed by atoms with van der Waals surface area (Å²) in [5, 5.41) is 3.15. The second-order valence-corrected chi connectivity index (χ2v) is 3.83. The number of ether oxygens (including phenoxy) is 1. The van der Waals surface area contributed by atoms with Crippen LogP contribution in [0.5, 0.6) is 0 Å². The van der Waals surface area contributed by atoms with Crippen LogP contribution in [-0.4, -0.2) is 24.9 Å². The van der Waals surface area contributed by atoms with Gasteiger partial charge < -0.3 is 15.8 Å². The molecule has 0 unspecified atom stereocenters. The molecule has 3 heteroatoms. The minimum absolute atomic E-state index is 0.105. The zero-order valence-corrected chi connectivity index (χ0v) is 8.10. The van der Waals surface area contributed by atoms with E-state index >= 15 is 0 Å². The molecule has 1 fully saturated rings. The highest BCUT2D eigenvalue weighted by Crippen LogP contribution is 2.35. The molecule has 72 valence electrons. The van der Waals surface area contributed by atoms with E-state index in [1.165, 1.54) is 19.3 Å². The second kappa shape index (κ2) is 4.21. The summed E-state index contributed by atoms with van der Waals surface area (Å²) in [6.45, 7) is 5.62. The Bertz CT molecular complexity index is 132. The van der Waals surface area contributed by atoms with Crippen LogP contribution in [0.25, 0.3) is 0 Å². The minimum atomic E-state index is 0.105. The molecule has 0 heterocycles. The van der Waals surface area contributed by atoms with Crippen LogP contribution in [-0.2, 0) is 4.74 Å². The average molecular weight is 172 g/mol. The van der Waals surface area contributed by atoms with Gasteiger partial charge in [0.05, 0.1) is 11.7 Å². The summed E-state index contributed by atoms with van der Waals surface area (Å²) in [5.41, 5.74) is 5.48. The molecular weight excluding hydrogens is 152 g/mol. The molecule has 0 amide bonds. The monoisotopic (exact) mass is 172 g/mol. The molecule has 1 saturated carbocycles. The van der Waals surface area contributed by atoms with Crippen LogP contribution in [0.2, 0.25) is 0 Å².